The van der Waals surface area contributed by atoms with Gasteiger partial charge < -0.3 is 5.11 Å². The second kappa shape index (κ2) is 5.36. The van der Waals surface area contributed by atoms with Crippen molar-refractivity contribution in [3.8, 4) is 0 Å². The van der Waals surface area contributed by atoms with Crippen LogP contribution in [0.4, 0.5) is 0 Å². The molecule has 0 amide bonds. The molecule has 1 N–H and O–H groups in total. The van der Waals surface area contributed by atoms with Crippen LogP contribution >= 0.6 is 11.6 Å². The van der Waals surface area contributed by atoms with E-state index in [-0.39, 0.29) is 0 Å². The van der Waals surface area contributed by atoms with Crippen molar-refractivity contribution >= 4 is 11.6 Å². The zero-order valence-electron chi connectivity index (χ0n) is 10.3. The number of aliphatic hydroxyl groups is 1. The van der Waals surface area contributed by atoms with E-state index >= 15 is 0 Å². The van der Waals surface area contributed by atoms with Gasteiger partial charge in [0, 0.05) is 6.20 Å². The molecule has 94 valence electrons. The molecule has 0 spiro atoms. The van der Waals surface area contributed by atoms with Gasteiger partial charge in [0.05, 0.1) is 5.60 Å². The monoisotopic (exact) mass is 253 g/mol. The van der Waals surface area contributed by atoms with Crippen LogP contribution in [0.3, 0.4) is 0 Å². The fourth-order valence-electron chi connectivity index (χ4n) is 2.83. The number of hydrogen-bond donors (Lipinski definition) is 1. The highest BCUT2D eigenvalue weighted by Gasteiger charge is 2.34. The van der Waals surface area contributed by atoms with Crippen LogP contribution in [0.2, 0.25) is 5.15 Å². The molecule has 0 atom stereocenters. The van der Waals surface area contributed by atoms with Gasteiger partial charge in [0.1, 0.15) is 5.15 Å². The summed E-state index contributed by atoms with van der Waals surface area (Å²) < 4.78 is 0. The van der Waals surface area contributed by atoms with Gasteiger partial charge in [-0.2, -0.15) is 0 Å². The number of pyridine rings is 1. The number of rotatable bonds is 3. The Hall–Kier alpha value is -0.600. The summed E-state index contributed by atoms with van der Waals surface area (Å²) in [5.74, 6) is 0.789. The van der Waals surface area contributed by atoms with Crippen LogP contribution in [0.15, 0.2) is 18.3 Å². The molecular formula is C14H20ClNO. The standard InChI is InChI=1S/C14H20ClNO/c1-2-3-11-4-7-14(17,8-5-11)12-6-9-16-13(15)10-12/h6,9-11,17H,2-5,7-8H2,1H3. The Labute approximate surface area is 108 Å². The van der Waals surface area contributed by atoms with Gasteiger partial charge in [0.2, 0.25) is 0 Å². The molecule has 17 heavy (non-hydrogen) atoms. The number of halogens is 1. The SMILES string of the molecule is CCCC1CCC(O)(c2ccnc(Cl)c2)CC1. The van der Waals surface area contributed by atoms with Gasteiger partial charge in [-0.3, -0.25) is 0 Å². The Balaban J connectivity index is 2.06. The normalized spacial score (nSPS) is 29.2. The van der Waals surface area contributed by atoms with Gasteiger partial charge in [0.25, 0.3) is 0 Å². The Bertz CT molecular complexity index is 372. The summed E-state index contributed by atoms with van der Waals surface area (Å²) in [4.78, 5) is 3.96. The summed E-state index contributed by atoms with van der Waals surface area (Å²) >= 11 is 5.88. The van der Waals surface area contributed by atoms with E-state index in [2.05, 4.69) is 11.9 Å². The van der Waals surface area contributed by atoms with Crippen LogP contribution in [0.25, 0.3) is 0 Å². The largest absolute Gasteiger partial charge is 0.385 e. The Morgan fingerprint density at radius 2 is 2.18 bits per heavy atom. The molecule has 0 bridgehead atoms. The van der Waals surface area contributed by atoms with Gasteiger partial charge in [-0.15, -0.1) is 0 Å². The van der Waals surface area contributed by atoms with Crippen LogP contribution in [0, 0.1) is 5.92 Å². The van der Waals surface area contributed by atoms with Gasteiger partial charge in [-0.25, -0.2) is 4.98 Å². The first-order chi connectivity index (χ1) is 8.14. The Kier molecular flexibility index (Phi) is 4.05. The van der Waals surface area contributed by atoms with E-state index in [0.717, 1.165) is 37.2 Å². The lowest BCUT2D eigenvalue weighted by atomic mass is 9.74. The fraction of sp³-hybridized carbons (Fsp3) is 0.643. The Morgan fingerprint density at radius 1 is 1.47 bits per heavy atom. The summed E-state index contributed by atoms with van der Waals surface area (Å²) in [7, 11) is 0. The van der Waals surface area contributed by atoms with Gasteiger partial charge in [0.15, 0.2) is 0 Å². The third-order valence-corrected chi connectivity index (χ3v) is 4.10. The van der Waals surface area contributed by atoms with Crippen LogP contribution in [-0.2, 0) is 5.60 Å². The van der Waals surface area contributed by atoms with Crippen molar-refractivity contribution in [2.45, 2.75) is 51.0 Å². The summed E-state index contributed by atoms with van der Waals surface area (Å²) in [5, 5.41) is 11.1. The maximum atomic E-state index is 10.7. The van der Waals surface area contributed by atoms with E-state index in [0.29, 0.717) is 5.15 Å². The van der Waals surface area contributed by atoms with Crippen molar-refractivity contribution in [2.75, 3.05) is 0 Å². The molecule has 1 saturated carbocycles. The predicted octanol–water partition coefficient (Wildman–Crippen LogP) is 3.91. The number of aromatic nitrogens is 1. The fourth-order valence-corrected chi connectivity index (χ4v) is 3.01. The average molecular weight is 254 g/mol. The maximum absolute atomic E-state index is 10.7. The average Bonchev–Trinajstić information content (AvgIpc) is 2.33. The van der Waals surface area contributed by atoms with Gasteiger partial charge in [-0.1, -0.05) is 31.4 Å². The van der Waals surface area contributed by atoms with E-state index in [1.54, 1.807) is 12.3 Å². The molecule has 0 saturated heterocycles. The van der Waals surface area contributed by atoms with Crippen molar-refractivity contribution in [1.29, 1.82) is 0 Å². The van der Waals surface area contributed by atoms with Gasteiger partial charge in [-0.05, 0) is 49.3 Å². The second-order valence-corrected chi connectivity index (χ2v) is 5.52. The van der Waals surface area contributed by atoms with E-state index in [9.17, 15) is 5.11 Å². The summed E-state index contributed by atoms with van der Waals surface area (Å²) in [6, 6.07) is 3.67. The lowest BCUT2D eigenvalue weighted by Gasteiger charge is -2.36. The minimum Gasteiger partial charge on any atom is -0.385 e. The topological polar surface area (TPSA) is 33.1 Å². The molecule has 0 unspecified atom stereocenters. The third kappa shape index (κ3) is 2.99. The van der Waals surface area contributed by atoms with Crippen molar-refractivity contribution < 1.29 is 5.11 Å². The second-order valence-electron chi connectivity index (χ2n) is 5.13. The summed E-state index contributed by atoms with van der Waals surface area (Å²) in [5.41, 5.74) is 0.240. The van der Waals surface area contributed by atoms with Crippen LogP contribution < -0.4 is 0 Å². The third-order valence-electron chi connectivity index (χ3n) is 3.89. The van der Waals surface area contributed by atoms with Crippen molar-refractivity contribution in [2.24, 2.45) is 5.92 Å². The molecule has 0 radical (unpaired) electrons. The van der Waals surface area contributed by atoms with Crippen molar-refractivity contribution in [3.05, 3.63) is 29.0 Å². The molecule has 1 aliphatic carbocycles. The highest BCUT2D eigenvalue weighted by molar-refractivity contribution is 6.29. The smallest absolute Gasteiger partial charge is 0.129 e. The first kappa shape index (κ1) is 12.8. The van der Waals surface area contributed by atoms with Crippen LogP contribution in [0.1, 0.15) is 51.0 Å². The van der Waals surface area contributed by atoms with Crippen LogP contribution in [-0.4, -0.2) is 10.1 Å². The van der Waals surface area contributed by atoms with Crippen molar-refractivity contribution in [3.63, 3.8) is 0 Å². The number of hydrogen-bond acceptors (Lipinski definition) is 2. The molecule has 1 aromatic heterocycles. The zero-order valence-corrected chi connectivity index (χ0v) is 11.1. The highest BCUT2D eigenvalue weighted by atomic mass is 35.5. The highest BCUT2D eigenvalue weighted by Crippen LogP contribution is 2.41. The van der Waals surface area contributed by atoms with E-state index in [1.165, 1.54) is 12.8 Å². The molecule has 1 aromatic rings. The van der Waals surface area contributed by atoms with Gasteiger partial charge >= 0.3 is 0 Å². The molecule has 2 nitrogen and oxygen atoms in total. The van der Waals surface area contributed by atoms with E-state index in [4.69, 9.17) is 11.6 Å². The molecule has 3 heteroatoms. The van der Waals surface area contributed by atoms with Crippen molar-refractivity contribution in [1.82, 2.24) is 4.98 Å². The molecule has 1 heterocycles. The molecule has 1 aliphatic rings. The van der Waals surface area contributed by atoms with E-state index < -0.39 is 5.60 Å². The lowest BCUT2D eigenvalue weighted by Crippen LogP contribution is -2.31. The summed E-state index contributed by atoms with van der Waals surface area (Å²) in [6.07, 6.45) is 8.12. The summed E-state index contributed by atoms with van der Waals surface area (Å²) in [6.45, 7) is 2.23. The molecule has 2 rings (SSSR count). The minimum atomic E-state index is -0.684. The molecule has 1 fully saturated rings. The zero-order chi connectivity index (χ0) is 12.3. The first-order valence-corrected chi connectivity index (χ1v) is 6.86. The van der Waals surface area contributed by atoms with E-state index in [1.807, 2.05) is 6.07 Å². The Morgan fingerprint density at radius 3 is 2.76 bits per heavy atom. The molecular weight excluding hydrogens is 234 g/mol. The predicted molar refractivity (Wildman–Crippen MR) is 70.0 cm³/mol. The molecule has 0 aromatic carbocycles. The number of nitrogens with zero attached hydrogens (tertiary/aromatic N) is 1. The lowest BCUT2D eigenvalue weighted by molar-refractivity contribution is -0.0152. The molecule has 0 aliphatic heterocycles. The maximum Gasteiger partial charge on any atom is 0.129 e. The first-order valence-electron chi connectivity index (χ1n) is 6.48. The van der Waals surface area contributed by atoms with Crippen LogP contribution in [0.5, 0.6) is 0 Å². The quantitative estimate of drug-likeness (QED) is 0.829. The minimum absolute atomic E-state index is 0.464.